The molecule has 2 rings (SSSR count). The summed E-state index contributed by atoms with van der Waals surface area (Å²) >= 11 is 0. The summed E-state index contributed by atoms with van der Waals surface area (Å²) in [5, 5.41) is 4.33. The monoisotopic (exact) mass is 243 g/mol. The van der Waals surface area contributed by atoms with Gasteiger partial charge in [-0.25, -0.2) is 4.68 Å². The van der Waals surface area contributed by atoms with Crippen LogP contribution in [0, 0.1) is 6.92 Å². The van der Waals surface area contributed by atoms with Crippen molar-refractivity contribution < 1.29 is 0 Å². The minimum Gasteiger partial charge on any atom is -0.384 e. The molecule has 0 bridgehead atoms. The highest BCUT2D eigenvalue weighted by Crippen LogP contribution is 2.20. The van der Waals surface area contributed by atoms with Crippen molar-refractivity contribution in [3.05, 3.63) is 47.7 Å². The molecule has 0 saturated carbocycles. The van der Waals surface area contributed by atoms with Crippen LogP contribution in [0.3, 0.4) is 0 Å². The normalized spacial score (nSPS) is 12.6. The highest BCUT2D eigenvalue weighted by molar-refractivity contribution is 5.37. The van der Waals surface area contributed by atoms with Crippen molar-refractivity contribution in [1.29, 1.82) is 0 Å². The van der Waals surface area contributed by atoms with Crippen LogP contribution in [0.15, 0.2) is 36.5 Å². The van der Waals surface area contributed by atoms with Crippen LogP contribution < -0.4 is 5.73 Å². The Kier molecular flexibility index (Phi) is 4.03. The number of hydrogen-bond donors (Lipinski definition) is 1. The van der Waals surface area contributed by atoms with Gasteiger partial charge in [0, 0.05) is 5.56 Å². The van der Waals surface area contributed by atoms with E-state index in [2.05, 4.69) is 42.4 Å². The van der Waals surface area contributed by atoms with Gasteiger partial charge in [-0.2, -0.15) is 5.10 Å². The maximum atomic E-state index is 5.99. The summed E-state index contributed by atoms with van der Waals surface area (Å²) in [7, 11) is 0. The van der Waals surface area contributed by atoms with E-state index >= 15 is 0 Å². The predicted molar refractivity (Wildman–Crippen MR) is 75.5 cm³/mol. The second-order valence-corrected chi connectivity index (χ2v) is 4.88. The van der Waals surface area contributed by atoms with Gasteiger partial charge < -0.3 is 5.73 Å². The van der Waals surface area contributed by atoms with Crippen molar-refractivity contribution in [2.24, 2.45) is 0 Å². The zero-order valence-corrected chi connectivity index (χ0v) is 11.1. The van der Waals surface area contributed by atoms with Gasteiger partial charge in [-0.1, -0.05) is 30.3 Å². The molecule has 0 radical (unpaired) electrons. The van der Waals surface area contributed by atoms with E-state index in [1.807, 2.05) is 17.8 Å². The molecule has 96 valence electrons. The summed E-state index contributed by atoms with van der Waals surface area (Å²) in [6.45, 7) is 4.17. The van der Waals surface area contributed by atoms with E-state index in [0.29, 0.717) is 6.04 Å². The van der Waals surface area contributed by atoms with Gasteiger partial charge in [-0.05, 0) is 38.7 Å². The maximum absolute atomic E-state index is 5.99. The van der Waals surface area contributed by atoms with Gasteiger partial charge >= 0.3 is 0 Å². The van der Waals surface area contributed by atoms with E-state index in [0.717, 1.165) is 30.6 Å². The van der Waals surface area contributed by atoms with E-state index < -0.39 is 0 Å². The average Bonchev–Trinajstić information content (AvgIpc) is 2.71. The molecule has 0 aliphatic rings. The molecule has 0 spiro atoms. The standard InChI is InChI=1S/C15H21N3/c1-12-11-17-18(15(12)16)13(2)7-6-10-14-8-4-3-5-9-14/h3-5,8-9,11,13H,6-7,10,16H2,1-2H3. The van der Waals surface area contributed by atoms with Crippen LogP contribution in [-0.2, 0) is 6.42 Å². The third-order valence-corrected chi connectivity index (χ3v) is 3.37. The third-order valence-electron chi connectivity index (χ3n) is 3.37. The molecule has 3 nitrogen and oxygen atoms in total. The fourth-order valence-corrected chi connectivity index (χ4v) is 2.18. The van der Waals surface area contributed by atoms with Crippen LogP contribution >= 0.6 is 0 Å². The second kappa shape index (κ2) is 5.71. The van der Waals surface area contributed by atoms with Gasteiger partial charge in [-0.3, -0.25) is 0 Å². The van der Waals surface area contributed by atoms with E-state index in [1.165, 1.54) is 5.56 Å². The first-order valence-corrected chi connectivity index (χ1v) is 6.52. The van der Waals surface area contributed by atoms with Crippen LogP contribution in [0.1, 0.15) is 36.9 Å². The summed E-state index contributed by atoms with van der Waals surface area (Å²) in [4.78, 5) is 0. The lowest BCUT2D eigenvalue weighted by Crippen LogP contribution is -2.10. The molecule has 18 heavy (non-hydrogen) atoms. The van der Waals surface area contributed by atoms with E-state index in [1.54, 1.807) is 0 Å². The van der Waals surface area contributed by atoms with Crippen molar-refractivity contribution in [3.63, 3.8) is 0 Å². The Bertz CT molecular complexity index is 488. The van der Waals surface area contributed by atoms with Crippen LogP contribution in [0.5, 0.6) is 0 Å². The largest absolute Gasteiger partial charge is 0.384 e. The first-order valence-electron chi connectivity index (χ1n) is 6.52. The summed E-state index contributed by atoms with van der Waals surface area (Å²) < 4.78 is 1.93. The number of aromatic nitrogens is 2. The summed E-state index contributed by atoms with van der Waals surface area (Å²) in [5.74, 6) is 0.794. The molecule has 1 atom stereocenters. The summed E-state index contributed by atoms with van der Waals surface area (Å²) in [6, 6.07) is 11.0. The fraction of sp³-hybridized carbons (Fsp3) is 0.400. The van der Waals surface area contributed by atoms with Crippen molar-refractivity contribution in [3.8, 4) is 0 Å². The van der Waals surface area contributed by atoms with Crippen molar-refractivity contribution in [1.82, 2.24) is 9.78 Å². The number of rotatable bonds is 5. The average molecular weight is 243 g/mol. The molecule has 0 aliphatic carbocycles. The molecule has 0 saturated heterocycles. The Morgan fingerprint density at radius 2 is 2.00 bits per heavy atom. The van der Waals surface area contributed by atoms with E-state index in [9.17, 15) is 0 Å². The van der Waals surface area contributed by atoms with Crippen LogP contribution in [0.25, 0.3) is 0 Å². The number of benzene rings is 1. The highest BCUT2D eigenvalue weighted by Gasteiger charge is 2.10. The molecule has 0 amide bonds. The van der Waals surface area contributed by atoms with E-state index in [-0.39, 0.29) is 0 Å². The van der Waals surface area contributed by atoms with Gasteiger partial charge in [-0.15, -0.1) is 0 Å². The molecule has 1 unspecified atom stereocenters. The fourth-order valence-electron chi connectivity index (χ4n) is 2.18. The first-order chi connectivity index (χ1) is 8.68. The van der Waals surface area contributed by atoms with Crippen LogP contribution in [0.2, 0.25) is 0 Å². The Balaban J connectivity index is 1.85. The van der Waals surface area contributed by atoms with Crippen molar-refractivity contribution >= 4 is 5.82 Å². The summed E-state index contributed by atoms with van der Waals surface area (Å²) in [5.41, 5.74) is 8.44. The maximum Gasteiger partial charge on any atom is 0.124 e. The second-order valence-electron chi connectivity index (χ2n) is 4.88. The van der Waals surface area contributed by atoms with Crippen LogP contribution in [0.4, 0.5) is 5.82 Å². The SMILES string of the molecule is Cc1cnn(C(C)CCCc2ccccc2)c1N. The van der Waals surface area contributed by atoms with Crippen molar-refractivity contribution in [2.45, 2.75) is 39.2 Å². The number of nitrogens with two attached hydrogens (primary N) is 1. The van der Waals surface area contributed by atoms with E-state index in [4.69, 9.17) is 5.73 Å². The van der Waals surface area contributed by atoms with Gasteiger partial charge in [0.15, 0.2) is 0 Å². The smallest absolute Gasteiger partial charge is 0.124 e. The molecule has 0 aliphatic heterocycles. The molecule has 3 heteroatoms. The Hall–Kier alpha value is -1.77. The predicted octanol–water partition coefficient (Wildman–Crippen LogP) is 3.36. The lowest BCUT2D eigenvalue weighted by Gasteiger charge is -2.14. The minimum absolute atomic E-state index is 0.363. The summed E-state index contributed by atoms with van der Waals surface area (Å²) in [6.07, 6.45) is 5.21. The molecule has 1 aromatic carbocycles. The zero-order valence-electron chi connectivity index (χ0n) is 11.1. The molecular formula is C15H21N3. The Morgan fingerprint density at radius 3 is 2.61 bits per heavy atom. The molecule has 0 fully saturated rings. The molecule has 1 aromatic heterocycles. The highest BCUT2D eigenvalue weighted by atomic mass is 15.3. The molecule has 1 heterocycles. The third kappa shape index (κ3) is 2.92. The number of nitrogens with zero attached hydrogens (tertiary/aromatic N) is 2. The van der Waals surface area contributed by atoms with Crippen molar-refractivity contribution in [2.75, 3.05) is 5.73 Å². The molecule has 2 aromatic rings. The Morgan fingerprint density at radius 1 is 1.28 bits per heavy atom. The minimum atomic E-state index is 0.363. The number of anilines is 1. The molecular weight excluding hydrogens is 222 g/mol. The van der Waals surface area contributed by atoms with Gasteiger partial charge in [0.2, 0.25) is 0 Å². The Labute approximate surface area is 109 Å². The zero-order chi connectivity index (χ0) is 13.0. The molecule has 2 N–H and O–H groups in total. The quantitative estimate of drug-likeness (QED) is 0.875. The number of aryl methyl sites for hydroxylation is 2. The number of hydrogen-bond acceptors (Lipinski definition) is 2. The first kappa shape index (κ1) is 12.7. The van der Waals surface area contributed by atoms with Crippen LogP contribution in [-0.4, -0.2) is 9.78 Å². The van der Waals surface area contributed by atoms with Gasteiger partial charge in [0.25, 0.3) is 0 Å². The number of nitrogen functional groups attached to an aromatic ring is 1. The topological polar surface area (TPSA) is 43.8 Å². The van der Waals surface area contributed by atoms with Gasteiger partial charge in [0.1, 0.15) is 5.82 Å². The lowest BCUT2D eigenvalue weighted by atomic mass is 10.1. The van der Waals surface area contributed by atoms with Gasteiger partial charge in [0.05, 0.1) is 12.2 Å². The lowest BCUT2D eigenvalue weighted by molar-refractivity contribution is 0.452.